The van der Waals surface area contributed by atoms with Crippen LogP contribution in [0.2, 0.25) is 0 Å². The highest BCUT2D eigenvalue weighted by Gasteiger charge is 2.21. The molecule has 1 heterocycles. The zero-order valence-corrected chi connectivity index (χ0v) is 13.7. The molecule has 0 bridgehead atoms. The predicted octanol–water partition coefficient (Wildman–Crippen LogP) is 0.917. The molecule has 0 aliphatic heterocycles. The second kappa shape index (κ2) is 7.62. The molecule has 7 nitrogen and oxygen atoms in total. The van der Waals surface area contributed by atoms with Crippen molar-refractivity contribution in [2.24, 2.45) is 5.73 Å². The number of aromatic nitrogens is 3. The zero-order valence-electron chi connectivity index (χ0n) is 12.9. The molecule has 2 rings (SSSR count). The summed E-state index contributed by atoms with van der Waals surface area (Å²) in [5.41, 5.74) is 6.88. The molecule has 9 heteroatoms. The van der Waals surface area contributed by atoms with E-state index in [-0.39, 0.29) is 11.4 Å². The first-order chi connectivity index (χ1) is 11.0. The number of aryl methyl sites for hydroxylation is 1. The maximum absolute atomic E-state index is 12.5. The Morgan fingerprint density at radius 2 is 2.00 bits per heavy atom. The fourth-order valence-corrected chi connectivity index (χ4v) is 3.17. The number of hydrogen-bond donors (Lipinski definition) is 1. The molecule has 126 valence electrons. The largest absolute Gasteiger partial charge is 0.326 e. The Kier molecular flexibility index (Phi) is 5.80. The number of rotatable bonds is 8. The number of halogens is 1. The van der Waals surface area contributed by atoms with E-state index >= 15 is 0 Å². The number of benzene rings is 1. The number of alkyl halides is 1. The van der Waals surface area contributed by atoms with E-state index in [1.807, 2.05) is 0 Å². The normalized spacial score (nSPS) is 12.0. The lowest BCUT2D eigenvalue weighted by Crippen LogP contribution is -2.26. The van der Waals surface area contributed by atoms with Crippen molar-refractivity contribution in [2.75, 3.05) is 13.7 Å². The number of nitrogens with zero attached hydrogens (tertiary/aromatic N) is 4. The average Bonchev–Trinajstić information content (AvgIpc) is 3.00. The summed E-state index contributed by atoms with van der Waals surface area (Å²) >= 11 is 0. The van der Waals surface area contributed by atoms with Crippen LogP contribution in [0, 0.1) is 0 Å². The van der Waals surface area contributed by atoms with Crippen LogP contribution in [0.25, 0.3) is 0 Å². The van der Waals surface area contributed by atoms with Crippen molar-refractivity contribution < 1.29 is 12.8 Å². The molecule has 0 aliphatic carbocycles. The van der Waals surface area contributed by atoms with Crippen molar-refractivity contribution in [3.63, 3.8) is 0 Å². The van der Waals surface area contributed by atoms with Gasteiger partial charge in [-0.1, -0.05) is 17.3 Å². The first-order valence-corrected chi connectivity index (χ1v) is 8.61. The van der Waals surface area contributed by atoms with Gasteiger partial charge in [-0.2, -0.15) is 4.31 Å². The van der Waals surface area contributed by atoms with Crippen molar-refractivity contribution >= 4 is 10.0 Å². The first-order valence-electron chi connectivity index (χ1n) is 7.17. The summed E-state index contributed by atoms with van der Waals surface area (Å²) in [5.74, 6) is 0. The van der Waals surface area contributed by atoms with Gasteiger partial charge in [0.05, 0.1) is 23.8 Å². The molecule has 0 spiro atoms. The second-order valence-electron chi connectivity index (χ2n) is 5.12. The van der Waals surface area contributed by atoms with Gasteiger partial charge in [-0.25, -0.2) is 8.42 Å². The topological polar surface area (TPSA) is 94.1 Å². The SMILES string of the molecule is CN(Cc1cn(CCCF)nn1)S(=O)(=O)c1ccc(CN)cc1. The van der Waals surface area contributed by atoms with E-state index in [0.717, 1.165) is 5.56 Å². The highest BCUT2D eigenvalue weighted by Crippen LogP contribution is 2.16. The predicted molar refractivity (Wildman–Crippen MR) is 83.6 cm³/mol. The number of nitrogens with two attached hydrogens (primary N) is 1. The molecular weight excluding hydrogens is 321 g/mol. The Balaban J connectivity index is 2.08. The van der Waals surface area contributed by atoms with Gasteiger partial charge in [0.15, 0.2) is 0 Å². The third kappa shape index (κ3) is 4.34. The van der Waals surface area contributed by atoms with E-state index in [9.17, 15) is 12.8 Å². The summed E-state index contributed by atoms with van der Waals surface area (Å²) in [6.07, 6.45) is 1.98. The maximum atomic E-state index is 12.5. The zero-order chi connectivity index (χ0) is 16.9. The van der Waals surface area contributed by atoms with E-state index in [0.29, 0.717) is 25.2 Å². The highest BCUT2D eigenvalue weighted by atomic mass is 32.2. The van der Waals surface area contributed by atoms with E-state index in [2.05, 4.69) is 10.3 Å². The lowest BCUT2D eigenvalue weighted by molar-refractivity contribution is 0.431. The molecule has 1 aromatic carbocycles. The van der Waals surface area contributed by atoms with Gasteiger partial charge >= 0.3 is 0 Å². The monoisotopic (exact) mass is 341 g/mol. The molecule has 23 heavy (non-hydrogen) atoms. The van der Waals surface area contributed by atoms with Gasteiger partial charge in [0, 0.05) is 26.3 Å². The molecule has 2 N–H and O–H groups in total. The van der Waals surface area contributed by atoms with E-state index in [1.165, 1.54) is 28.2 Å². The lowest BCUT2D eigenvalue weighted by atomic mass is 10.2. The van der Waals surface area contributed by atoms with Gasteiger partial charge in [-0.05, 0) is 24.1 Å². The van der Waals surface area contributed by atoms with Crippen LogP contribution in [0.3, 0.4) is 0 Å². The van der Waals surface area contributed by atoms with E-state index in [4.69, 9.17) is 5.73 Å². The fourth-order valence-electron chi connectivity index (χ4n) is 2.03. The average molecular weight is 341 g/mol. The van der Waals surface area contributed by atoms with Gasteiger partial charge in [-0.15, -0.1) is 5.10 Å². The fraction of sp³-hybridized carbons (Fsp3) is 0.429. The van der Waals surface area contributed by atoms with Crippen molar-refractivity contribution in [1.82, 2.24) is 19.3 Å². The van der Waals surface area contributed by atoms with Crippen molar-refractivity contribution in [1.29, 1.82) is 0 Å². The molecule has 2 aromatic rings. The summed E-state index contributed by atoms with van der Waals surface area (Å²) in [7, 11) is -2.14. The molecule has 0 fully saturated rings. The Hall–Kier alpha value is -1.84. The smallest absolute Gasteiger partial charge is 0.243 e. The minimum atomic E-state index is -3.61. The minimum absolute atomic E-state index is 0.0938. The Bertz CT molecular complexity index is 730. The highest BCUT2D eigenvalue weighted by molar-refractivity contribution is 7.89. The summed E-state index contributed by atoms with van der Waals surface area (Å²) in [4.78, 5) is 0.196. The molecule has 0 atom stereocenters. The Morgan fingerprint density at radius 1 is 1.30 bits per heavy atom. The molecule has 0 saturated heterocycles. The maximum Gasteiger partial charge on any atom is 0.243 e. The summed E-state index contributed by atoms with van der Waals surface area (Å²) < 4.78 is 39.9. The molecule has 0 aliphatic rings. The van der Waals surface area contributed by atoms with Crippen LogP contribution in [-0.4, -0.2) is 41.4 Å². The van der Waals surface area contributed by atoms with Crippen molar-refractivity contribution in [3.8, 4) is 0 Å². The summed E-state index contributed by atoms with van der Waals surface area (Å²) in [6.45, 7) is 0.442. The Labute approximate surface area is 134 Å². The molecule has 0 radical (unpaired) electrons. The van der Waals surface area contributed by atoms with Crippen LogP contribution >= 0.6 is 0 Å². The van der Waals surface area contributed by atoms with Gasteiger partial charge in [0.1, 0.15) is 0 Å². The van der Waals surface area contributed by atoms with E-state index in [1.54, 1.807) is 18.3 Å². The van der Waals surface area contributed by atoms with E-state index < -0.39 is 16.7 Å². The number of sulfonamides is 1. The van der Waals surface area contributed by atoms with Crippen LogP contribution in [0.15, 0.2) is 35.4 Å². The van der Waals surface area contributed by atoms with Gasteiger partial charge in [-0.3, -0.25) is 9.07 Å². The van der Waals surface area contributed by atoms with Crippen LogP contribution in [-0.2, 0) is 29.7 Å². The van der Waals surface area contributed by atoms with Crippen LogP contribution in [0.4, 0.5) is 4.39 Å². The number of hydrogen-bond acceptors (Lipinski definition) is 5. The lowest BCUT2D eigenvalue weighted by Gasteiger charge is -2.16. The third-order valence-electron chi connectivity index (χ3n) is 3.36. The summed E-state index contributed by atoms with van der Waals surface area (Å²) in [6, 6.07) is 6.44. The molecular formula is C14H20FN5O2S. The molecule has 0 amide bonds. The minimum Gasteiger partial charge on any atom is -0.326 e. The van der Waals surface area contributed by atoms with Crippen LogP contribution < -0.4 is 5.73 Å². The van der Waals surface area contributed by atoms with Gasteiger partial charge in [0.25, 0.3) is 0 Å². The van der Waals surface area contributed by atoms with Crippen molar-refractivity contribution in [3.05, 3.63) is 41.7 Å². The van der Waals surface area contributed by atoms with Crippen molar-refractivity contribution in [2.45, 2.75) is 31.0 Å². The van der Waals surface area contributed by atoms with Gasteiger partial charge < -0.3 is 5.73 Å². The van der Waals surface area contributed by atoms with Crippen LogP contribution in [0.5, 0.6) is 0 Å². The summed E-state index contributed by atoms with van der Waals surface area (Å²) in [5, 5.41) is 7.76. The second-order valence-corrected chi connectivity index (χ2v) is 7.17. The molecule has 1 aromatic heterocycles. The van der Waals surface area contributed by atoms with Gasteiger partial charge in [0.2, 0.25) is 10.0 Å². The third-order valence-corrected chi connectivity index (χ3v) is 5.18. The molecule has 0 saturated carbocycles. The quantitative estimate of drug-likeness (QED) is 0.770. The van der Waals surface area contributed by atoms with Crippen LogP contribution in [0.1, 0.15) is 17.7 Å². The Morgan fingerprint density at radius 3 is 2.61 bits per heavy atom. The first kappa shape index (κ1) is 17.5. The standard InChI is InChI=1S/C14H20FN5O2S/c1-19(10-13-11-20(18-17-13)8-2-7-15)23(21,22)14-5-3-12(9-16)4-6-14/h3-6,11H,2,7-10,16H2,1H3. The molecule has 0 unspecified atom stereocenters.